The molecule has 3 heterocycles. The Kier molecular flexibility index (Phi) is 2.72. The van der Waals surface area contributed by atoms with Crippen LogP contribution in [0, 0.1) is 0 Å². The van der Waals surface area contributed by atoms with Gasteiger partial charge in [0.25, 0.3) is 0 Å². The molecule has 0 aliphatic carbocycles. The quantitative estimate of drug-likeness (QED) is 0.673. The molecule has 1 fully saturated rings. The van der Waals surface area contributed by atoms with Crippen LogP contribution >= 0.6 is 0 Å². The smallest absolute Gasteiger partial charge is 0.320 e. The number of imidazole rings is 1. The van der Waals surface area contributed by atoms with E-state index in [9.17, 15) is 4.79 Å². The van der Waals surface area contributed by atoms with Gasteiger partial charge in [0, 0.05) is 51.7 Å². The van der Waals surface area contributed by atoms with Gasteiger partial charge in [-0.3, -0.25) is 0 Å². The predicted molar refractivity (Wildman–Crippen MR) is 62.5 cm³/mol. The topological polar surface area (TPSA) is 53.4 Å². The highest BCUT2D eigenvalue weighted by atomic mass is 16.2. The minimum atomic E-state index is 0.153. The Bertz CT molecular complexity index is 410. The maximum atomic E-state index is 12.3. The van der Waals surface area contributed by atoms with E-state index in [0.29, 0.717) is 6.54 Å². The monoisotopic (exact) mass is 235 g/mol. The van der Waals surface area contributed by atoms with Crippen molar-refractivity contribution in [2.24, 2.45) is 0 Å². The van der Waals surface area contributed by atoms with E-state index in [0.717, 1.165) is 45.1 Å². The molecule has 0 spiro atoms. The van der Waals surface area contributed by atoms with Crippen molar-refractivity contribution in [1.29, 1.82) is 0 Å². The highest BCUT2D eigenvalue weighted by Gasteiger charge is 2.26. The normalized spacial score (nSPS) is 20.2. The molecule has 6 nitrogen and oxygen atoms in total. The van der Waals surface area contributed by atoms with Gasteiger partial charge in [-0.25, -0.2) is 9.78 Å². The Morgan fingerprint density at radius 2 is 2.00 bits per heavy atom. The minimum Gasteiger partial charge on any atom is -0.332 e. The van der Waals surface area contributed by atoms with E-state index in [1.807, 2.05) is 16.0 Å². The molecule has 1 N–H and O–H groups in total. The predicted octanol–water partition coefficient (Wildman–Crippen LogP) is -0.276. The number of rotatable bonds is 0. The van der Waals surface area contributed by atoms with Gasteiger partial charge in [-0.2, -0.15) is 0 Å². The molecular weight excluding hydrogens is 218 g/mol. The van der Waals surface area contributed by atoms with Gasteiger partial charge in [0.1, 0.15) is 5.82 Å². The molecule has 6 heteroatoms. The molecule has 0 aromatic carbocycles. The number of amides is 2. The Morgan fingerprint density at radius 3 is 2.82 bits per heavy atom. The summed E-state index contributed by atoms with van der Waals surface area (Å²) >= 11 is 0. The first-order chi connectivity index (χ1) is 8.34. The van der Waals surface area contributed by atoms with E-state index >= 15 is 0 Å². The molecule has 1 aromatic heterocycles. The summed E-state index contributed by atoms with van der Waals surface area (Å²) in [6.45, 7) is 5.69. The van der Waals surface area contributed by atoms with Gasteiger partial charge in [0.15, 0.2) is 0 Å². The standard InChI is InChI=1S/C11H17N5O/c17-11(15-4-1-12-2-5-15)16-8-7-14-6-3-13-10(14)9-16/h3,6,12H,1-2,4-5,7-9H2. The van der Waals surface area contributed by atoms with E-state index < -0.39 is 0 Å². The molecule has 0 bridgehead atoms. The van der Waals surface area contributed by atoms with Crippen LogP contribution in [0.5, 0.6) is 0 Å². The zero-order valence-corrected chi connectivity index (χ0v) is 9.80. The largest absolute Gasteiger partial charge is 0.332 e. The van der Waals surface area contributed by atoms with Crippen LogP contribution < -0.4 is 5.32 Å². The van der Waals surface area contributed by atoms with Crippen LogP contribution in [0.2, 0.25) is 0 Å². The van der Waals surface area contributed by atoms with E-state index in [-0.39, 0.29) is 6.03 Å². The summed E-state index contributed by atoms with van der Waals surface area (Å²) in [7, 11) is 0. The van der Waals surface area contributed by atoms with E-state index in [1.165, 1.54) is 0 Å². The van der Waals surface area contributed by atoms with Gasteiger partial charge >= 0.3 is 6.03 Å². The molecule has 0 saturated carbocycles. The lowest BCUT2D eigenvalue weighted by Gasteiger charge is -2.35. The zero-order chi connectivity index (χ0) is 11.7. The highest BCUT2D eigenvalue weighted by molar-refractivity contribution is 5.74. The Morgan fingerprint density at radius 1 is 1.18 bits per heavy atom. The molecule has 3 rings (SSSR count). The molecule has 0 radical (unpaired) electrons. The minimum absolute atomic E-state index is 0.153. The second-order valence-electron chi connectivity index (χ2n) is 4.48. The van der Waals surface area contributed by atoms with Crippen molar-refractivity contribution in [3.05, 3.63) is 18.2 Å². The van der Waals surface area contributed by atoms with Crippen molar-refractivity contribution in [3.63, 3.8) is 0 Å². The van der Waals surface area contributed by atoms with Gasteiger partial charge < -0.3 is 19.7 Å². The SMILES string of the molecule is O=C(N1CCNCC1)N1CCn2ccnc2C1. The van der Waals surface area contributed by atoms with Gasteiger partial charge in [-0.05, 0) is 0 Å². The van der Waals surface area contributed by atoms with Crippen molar-refractivity contribution >= 4 is 6.03 Å². The fourth-order valence-electron chi connectivity index (χ4n) is 2.39. The molecule has 0 atom stereocenters. The van der Waals surface area contributed by atoms with Crippen LogP contribution in [0.4, 0.5) is 4.79 Å². The molecule has 2 aliphatic rings. The molecule has 92 valence electrons. The maximum absolute atomic E-state index is 12.3. The summed E-state index contributed by atoms with van der Waals surface area (Å²) in [6.07, 6.45) is 3.77. The number of carbonyl (C=O) groups excluding carboxylic acids is 1. The Labute approximate surface area is 100 Å². The van der Waals surface area contributed by atoms with Crippen LogP contribution in [-0.2, 0) is 13.1 Å². The van der Waals surface area contributed by atoms with Crippen molar-refractivity contribution in [3.8, 4) is 0 Å². The zero-order valence-electron chi connectivity index (χ0n) is 9.80. The molecule has 2 aliphatic heterocycles. The highest BCUT2D eigenvalue weighted by Crippen LogP contribution is 2.12. The van der Waals surface area contributed by atoms with E-state index in [1.54, 1.807) is 6.20 Å². The molecule has 2 amide bonds. The number of aromatic nitrogens is 2. The first kappa shape index (κ1) is 10.6. The molecule has 1 saturated heterocycles. The van der Waals surface area contributed by atoms with Gasteiger partial charge in [0.05, 0.1) is 6.54 Å². The number of piperazine rings is 1. The lowest BCUT2D eigenvalue weighted by molar-refractivity contribution is 0.134. The number of nitrogens with one attached hydrogen (secondary N) is 1. The summed E-state index contributed by atoms with van der Waals surface area (Å²) in [4.78, 5) is 20.4. The molecular formula is C11H17N5O. The Hall–Kier alpha value is -1.56. The molecule has 0 unspecified atom stereocenters. The van der Waals surface area contributed by atoms with Crippen LogP contribution in [0.25, 0.3) is 0 Å². The third-order valence-corrected chi connectivity index (χ3v) is 3.40. The third kappa shape index (κ3) is 2.00. The maximum Gasteiger partial charge on any atom is 0.320 e. The number of urea groups is 1. The van der Waals surface area contributed by atoms with Crippen molar-refractivity contribution < 1.29 is 4.79 Å². The van der Waals surface area contributed by atoms with Crippen LogP contribution in [0.15, 0.2) is 12.4 Å². The van der Waals surface area contributed by atoms with Crippen molar-refractivity contribution in [2.45, 2.75) is 13.1 Å². The second-order valence-corrected chi connectivity index (χ2v) is 4.48. The number of nitrogens with zero attached hydrogens (tertiary/aromatic N) is 4. The van der Waals surface area contributed by atoms with Gasteiger partial charge in [-0.15, -0.1) is 0 Å². The summed E-state index contributed by atoms with van der Waals surface area (Å²) < 4.78 is 2.11. The summed E-state index contributed by atoms with van der Waals surface area (Å²) in [6, 6.07) is 0.153. The summed E-state index contributed by atoms with van der Waals surface area (Å²) in [5, 5.41) is 3.26. The average Bonchev–Trinajstić information content (AvgIpc) is 2.86. The number of carbonyl (C=O) groups is 1. The third-order valence-electron chi connectivity index (χ3n) is 3.40. The van der Waals surface area contributed by atoms with Crippen LogP contribution in [-0.4, -0.2) is 58.1 Å². The first-order valence-electron chi connectivity index (χ1n) is 6.09. The summed E-state index contributed by atoms with van der Waals surface area (Å²) in [5.41, 5.74) is 0. The van der Waals surface area contributed by atoms with Gasteiger partial charge in [0.2, 0.25) is 0 Å². The molecule has 1 aromatic rings. The number of hydrogen-bond donors (Lipinski definition) is 1. The molecule has 17 heavy (non-hydrogen) atoms. The number of fused-ring (bicyclic) bond motifs is 1. The van der Waals surface area contributed by atoms with Crippen LogP contribution in [0.3, 0.4) is 0 Å². The first-order valence-corrected chi connectivity index (χ1v) is 6.09. The van der Waals surface area contributed by atoms with E-state index in [2.05, 4.69) is 14.9 Å². The van der Waals surface area contributed by atoms with E-state index in [4.69, 9.17) is 0 Å². The average molecular weight is 235 g/mol. The summed E-state index contributed by atoms with van der Waals surface area (Å²) in [5.74, 6) is 0.986. The van der Waals surface area contributed by atoms with Crippen LogP contribution in [0.1, 0.15) is 5.82 Å². The lowest BCUT2D eigenvalue weighted by atomic mass is 10.3. The Balaban J connectivity index is 1.67. The number of hydrogen-bond acceptors (Lipinski definition) is 3. The van der Waals surface area contributed by atoms with Crippen molar-refractivity contribution in [2.75, 3.05) is 32.7 Å². The second kappa shape index (κ2) is 4.37. The fraction of sp³-hybridized carbons (Fsp3) is 0.636. The fourth-order valence-corrected chi connectivity index (χ4v) is 2.39. The lowest BCUT2D eigenvalue weighted by Crippen LogP contribution is -2.52. The van der Waals surface area contributed by atoms with Crippen molar-refractivity contribution in [1.82, 2.24) is 24.7 Å². The van der Waals surface area contributed by atoms with Gasteiger partial charge in [-0.1, -0.05) is 0 Å².